The first-order valence-corrected chi connectivity index (χ1v) is 47.5. The summed E-state index contributed by atoms with van der Waals surface area (Å²) in [6.07, 6.45) is 10.5. The minimum Gasteiger partial charge on any atom is -0.232 e. The highest BCUT2D eigenvalue weighted by Gasteiger charge is 2.29. The van der Waals surface area contributed by atoms with Gasteiger partial charge in [-0.15, -0.1) is 0 Å². The molecule has 678 valence electrons. The van der Waals surface area contributed by atoms with Gasteiger partial charge in [-0.05, 0) is 172 Å². The molecule has 0 saturated carbocycles. The van der Waals surface area contributed by atoms with E-state index in [0.717, 1.165) is 0 Å². The summed E-state index contributed by atoms with van der Waals surface area (Å²) < 4.78 is 20.2. The van der Waals surface area contributed by atoms with Crippen LogP contribution in [0.15, 0.2) is 340 Å². The van der Waals surface area contributed by atoms with Crippen molar-refractivity contribution in [3.05, 3.63) is 368 Å². The van der Waals surface area contributed by atoms with Gasteiger partial charge in [0.25, 0.3) is 23.3 Å². The van der Waals surface area contributed by atoms with Crippen molar-refractivity contribution in [1.82, 2.24) is 18.3 Å². The van der Waals surface area contributed by atoms with Gasteiger partial charge in [-0.1, -0.05) is 382 Å². The average Bonchev–Trinajstić information content (AvgIpc) is 1.60. The Morgan fingerprint density at radius 2 is 0.397 bits per heavy atom. The fourth-order valence-corrected chi connectivity index (χ4v) is 13.1. The maximum atomic E-state index is 2.34. The molecule has 16 rings (SSSR count). The summed E-state index contributed by atoms with van der Waals surface area (Å²) in [5.41, 5.74) is 23.7. The van der Waals surface area contributed by atoms with Crippen LogP contribution in [0.25, 0.3) is 102 Å². The van der Waals surface area contributed by atoms with Crippen LogP contribution in [0.3, 0.4) is 0 Å². The zero-order chi connectivity index (χ0) is 96.1. The van der Waals surface area contributed by atoms with E-state index in [2.05, 4.69) is 433 Å². The lowest BCUT2D eigenvalue weighted by Crippen LogP contribution is -2.30. The van der Waals surface area contributed by atoms with Crippen LogP contribution in [0.4, 0.5) is 0 Å². The fourth-order valence-electron chi connectivity index (χ4n) is 13.1. The first-order valence-electron chi connectivity index (χ1n) is 47.5. The molecule has 9 nitrogen and oxygen atoms in total. The third kappa shape index (κ3) is 33.8. The van der Waals surface area contributed by atoms with E-state index in [1.165, 1.54) is 129 Å². The fraction of sp³-hybridized carbons (Fsp3) is 0.325. The molecule has 126 heavy (non-hydrogen) atoms. The molecule has 0 amide bonds. The van der Waals surface area contributed by atoms with Gasteiger partial charge in [0.2, 0.25) is 5.69 Å². The maximum absolute atomic E-state index is 2.34. The number of fused-ring (bicyclic) bond motifs is 2. The molecule has 9 heteroatoms. The lowest BCUT2D eigenvalue weighted by atomic mass is 10.1. The topological polar surface area (TPSA) is 39.1 Å². The number of nitrogens with zero attached hydrogens (tertiary/aromatic N) is 9. The Morgan fingerprint density at radius 3 is 0.659 bits per heavy atom. The summed E-state index contributed by atoms with van der Waals surface area (Å²) >= 11 is 0. The van der Waals surface area contributed by atoms with Gasteiger partial charge >= 0.3 is 0 Å². The Hall–Kier alpha value is -12.1. The van der Waals surface area contributed by atoms with Crippen molar-refractivity contribution in [1.29, 1.82) is 0 Å². The van der Waals surface area contributed by atoms with Crippen molar-refractivity contribution in [3.8, 4) is 79.6 Å². The Bertz CT molecular complexity index is 5000. The highest BCUT2D eigenvalue weighted by atomic mass is 15.2. The quantitative estimate of drug-likeness (QED) is 0.129. The number of hydrogen-bond donors (Lipinski definition) is 0. The normalized spacial score (nSPS) is 9.03. The van der Waals surface area contributed by atoms with Crippen molar-refractivity contribution >= 4 is 22.1 Å². The largest absolute Gasteiger partial charge is 0.295 e. The van der Waals surface area contributed by atoms with Gasteiger partial charge in [-0.3, -0.25) is 0 Å². The predicted molar refractivity (Wildman–Crippen MR) is 560 cm³/mol. The van der Waals surface area contributed by atoms with Gasteiger partial charge in [-0.2, -0.15) is 18.3 Å². The molecule has 0 bridgehead atoms. The zero-order valence-electron chi connectivity index (χ0n) is 85.9. The van der Waals surface area contributed by atoms with Gasteiger partial charge in [0.05, 0.1) is 50.4 Å². The first kappa shape index (κ1) is 118. The molecule has 16 aromatic rings. The van der Waals surface area contributed by atoms with Crippen molar-refractivity contribution in [3.63, 3.8) is 0 Å². The SMILES string of the molecule is CC.CC.CC.CC.CC.CC.CC.CC.CC.CC.CC.CC.CC.CC.Cc1ccccc1-c1cccc[n+]1C.Cc1ccccc1-c1n(-c2ccccc2)c2ccccc2[n+]1C.Cc1ccccc1-c1n(-c2ccccc2)c2ccccc2[n+]1C.Cc1ccccc1-c1n(-c2ccccc2)cc[n+]1C.Cc1ccccc1-c1n(-c2ccccc2)cc[n+]1C. The third-order valence-corrected chi connectivity index (χ3v) is 18.1. The smallest absolute Gasteiger partial charge is 0.232 e. The number of rotatable bonds is 9. The lowest BCUT2D eigenvalue weighted by molar-refractivity contribution is -0.660. The Kier molecular flexibility index (Phi) is 67.7. The summed E-state index contributed by atoms with van der Waals surface area (Å²) in [7, 11) is 10.5. The van der Waals surface area contributed by atoms with Crippen LogP contribution in [-0.4, -0.2) is 18.3 Å². The molecule has 0 N–H and O–H groups in total. The highest BCUT2D eigenvalue weighted by molar-refractivity contribution is 5.81. The van der Waals surface area contributed by atoms with Crippen molar-refractivity contribution < 1.29 is 22.8 Å². The monoisotopic (exact) mass is 1700 g/mol. The second-order valence-corrected chi connectivity index (χ2v) is 24.7. The average molecular weight is 1700 g/mol. The Balaban J connectivity index is -0.00000141. The Morgan fingerprint density at radius 1 is 0.183 bits per heavy atom. The van der Waals surface area contributed by atoms with Crippen LogP contribution < -0.4 is 22.8 Å². The van der Waals surface area contributed by atoms with Gasteiger partial charge in [0.1, 0.15) is 54.6 Å². The molecule has 0 atom stereocenters. The minimum atomic E-state index is 1.18. The number of hydrogen-bond acceptors (Lipinski definition) is 0. The van der Waals surface area contributed by atoms with E-state index in [-0.39, 0.29) is 0 Å². The predicted octanol–water partition coefficient (Wildman–Crippen LogP) is 32.3. The molecule has 0 radical (unpaired) electrons. The summed E-state index contributed by atoms with van der Waals surface area (Å²) in [4.78, 5) is 0. The van der Waals surface area contributed by atoms with Gasteiger partial charge in [-0.25, -0.2) is 22.8 Å². The van der Waals surface area contributed by atoms with E-state index >= 15 is 0 Å². The van der Waals surface area contributed by atoms with Crippen LogP contribution in [0, 0.1) is 34.6 Å². The van der Waals surface area contributed by atoms with Crippen molar-refractivity contribution in [2.75, 3.05) is 0 Å². The second-order valence-electron chi connectivity index (χ2n) is 24.7. The number of aryl methyl sites for hydroxylation is 10. The van der Waals surface area contributed by atoms with Crippen LogP contribution in [0.5, 0.6) is 0 Å². The van der Waals surface area contributed by atoms with Crippen LogP contribution in [0.1, 0.15) is 222 Å². The van der Waals surface area contributed by atoms with E-state index in [0.29, 0.717) is 0 Å². The number of para-hydroxylation sites is 8. The van der Waals surface area contributed by atoms with E-state index in [1.807, 2.05) is 212 Å². The van der Waals surface area contributed by atoms with Crippen LogP contribution in [-0.2, 0) is 35.2 Å². The molecule has 0 aliphatic rings. The summed E-state index contributed by atoms with van der Waals surface area (Å²) in [6, 6.07) is 108. The van der Waals surface area contributed by atoms with Gasteiger partial charge in [0, 0.05) is 17.7 Å². The van der Waals surface area contributed by atoms with E-state index in [4.69, 9.17) is 0 Å². The number of imidazole rings is 4. The van der Waals surface area contributed by atoms with Gasteiger partial charge in [0.15, 0.2) is 28.3 Å². The highest BCUT2D eigenvalue weighted by Crippen LogP contribution is 2.32. The molecular weight excluding hydrogens is 1530 g/mol. The number of benzene rings is 11. The summed E-state index contributed by atoms with van der Waals surface area (Å²) in [6.45, 7) is 66.8. The molecule has 5 aromatic heterocycles. The van der Waals surface area contributed by atoms with Crippen molar-refractivity contribution in [2.24, 2.45) is 35.2 Å². The maximum Gasteiger partial charge on any atom is 0.295 e. The molecule has 0 spiro atoms. The van der Waals surface area contributed by atoms with E-state index < -0.39 is 0 Å². The first-order chi connectivity index (χ1) is 61.9. The van der Waals surface area contributed by atoms with Crippen molar-refractivity contribution in [2.45, 2.75) is 228 Å². The van der Waals surface area contributed by atoms with Gasteiger partial charge < -0.3 is 0 Å². The molecule has 0 saturated heterocycles. The molecule has 11 aromatic carbocycles. The summed E-state index contributed by atoms with van der Waals surface area (Å²) in [5, 5.41) is 0. The Labute approximate surface area is 769 Å². The molecule has 0 unspecified atom stereocenters. The molecule has 0 aliphatic carbocycles. The second kappa shape index (κ2) is 72.3. The van der Waals surface area contributed by atoms with E-state index in [1.54, 1.807) is 0 Å². The third-order valence-electron chi connectivity index (χ3n) is 18.1. The van der Waals surface area contributed by atoms with Crippen LogP contribution in [0.2, 0.25) is 0 Å². The number of aromatic nitrogens is 9. The molecule has 0 aliphatic heterocycles. The summed E-state index contributed by atoms with van der Waals surface area (Å²) in [5.74, 6) is 4.81. The standard InChI is InChI=1S/2C21H19N2.2C17H17N2.C13H14N.14C2H6/c2*1-16-10-6-7-13-18(16)21-22(2)19-14-8-9-15-20(19)23(21)17-11-4-3-5-12-17;2*1-14-8-6-7-11-16(14)17-18(2)12-13-19(17)15-9-4-3-5-10-15;1-11-7-3-4-8-12(11)13-9-5-6-10-14(13)2;14*1-2/h2*3-15H,1-2H3;2*3-13H,1-2H3;3-10H,1-2H3;14*1-2H3/q5*+1;;;;;;;;;;;;;;. The van der Waals surface area contributed by atoms with Crippen LogP contribution >= 0.6 is 0 Å². The molecule has 0 fully saturated rings. The zero-order valence-corrected chi connectivity index (χ0v) is 85.9. The minimum absolute atomic E-state index is 1.18. The molecular formula is C117H170N9+5. The van der Waals surface area contributed by atoms with E-state index in [9.17, 15) is 0 Å². The molecule has 5 heterocycles. The lowest BCUT2D eigenvalue weighted by Gasteiger charge is -2.06. The number of pyridine rings is 1.